The van der Waals surface area contributed by atoms with Crippen LogP contribution in [0.15, 0.2) is 16.7 Å². The smallest absolute Gasteiger partial charge is 0.333 e. The highest BCUT2D eigenvalue weighted by Crippen LogP contribution is 1.90. The number of nitrogens with one attached hydrogen (secondary N) is 2. The van der Waals surface area contributed by atoms with Gasteiger partial charge < -0.3 is 21.1 Å². The minimum atomic E-state index is -0.504. The molecular weight excluding hydrogens is 302 g/mol. The first-order chi connectivity index (χ1) is 9.38. The topological polar surface area (TPSA) is 123 Å². The SMILES string of the molecule is C=C(C)C(=O)OCCNC(=O)CNC(=O)CN.P=NP. The van der Waals surface area contributed by atoms with Crippen molar-refractivity contribution in [2.75, 3.05) is 26.2 Å². The lowest BCUT2D eigenvalue weighted by molar-refractivity contribution is -0.139. The molecule has 0 spiro atoms. The van der Waals surface area contributed by atoms with Gasteiger partial charge in [0.15, 0.2) is 0 Å². The Bertz CT molecular complexity index is 363. The lowest BCUT2D eigenvalue weighted by Gasteiger charge is -2.07. The number of hydrogen-bond donors (Lipinski definition) is 3. The summed E-state index contributed by atoms with van der Waals surface area (Å²) in [7, 11) is 4.89. The minimum Gasteiger partial charge on any atom is -0.460 e. The average molecular weight is 322 g/mol. The van der Waals surface area contributed by atoms with E-state index in [0.717, 1.165) is 0 Å². The standard InChI is InChI=1S/C10H17N3O4.H3NP2/c1-7(2)10(16)17-4-3-12-9(15)6-13-8(14)5-11;2-1-3/h1,3-6,11H2,2H3,(H,12,15)(H,13,14);2H,3H2. The van der Waals surface area contributed by atoms with Crippen LogP contribution in [0, 0.1) is 0 Å². The number of amides is 2. The molecule has 20 heavy (non-hydrogen) atoms. The van der Waals surface area contributed by atoms with E-state index in [4.69, 9.17) is 10.5 Å². The predicted octanol–water partition coefficient (Wildman–Crippen LogP) is -0.600. The fourth-order valence-corrected chi connectivity index (χ4v) is 0.771. The van der Waals surface area contributed by atoms with Crippen molar-refractivity contribution in [2.24, 2.45) is 10.2 Å². The summed E-state index contributed by atoms with van der Waals surface area (Å²) in [5.41, 5.74) is 5.33. The Labute approximate surface area is 122 Å². The molecule has 0 heterocycles. The van der Waals surface area contributed by atoms with E-state index in [1.54, 1.807) is 0 Å². The summed E-state index contributed by atoms with van der Waals surface area (Å²) in [5, 5.41) is 4.76. The first-order valence-electron chi connectivity index (χ1n) is 5.51. The van der Waals surface area contributed by atoms with E-state index < -0.39 is 11.9 Å². The highest BCUT2D eigenvalue weighted by molar-refractivity contribution is 7.23. The van der Waals surface area contributed by atoms with Gasteiger partial charge in [-0.25, -0.2) is 4.79 Å². The maximum Gasteiger partial charge on any atom is 0.333 e. The van der Waals surface area contributed by atoms with Gasteiger partial charge >= 0.3 is 5.97 Å². The number of nitrogens with two attached hydrogens (primary N) is 1. The van der Waals surface area contributed by atoms with Gasteiger partial charge in [-0.1, -0.05) is 6.58 Å². The van der Waals surface area contributed by atoms with Gasteiger partial charge in [-0.05, 0) is 25.3 Å². The number of nitrogens with zero attached hydrogens (tertiary/aromatic N) is 1. The molecule has 10 heteroatoms. The van der Waals surface area contributed by atoms with Crippen LogP contribution in [-0.2, 0) is 19.1 Å². The summed E-state index contributed by atoms with van der Waals surface area (Å²) < 4.78 is 7.96. The molecule has 2 amide bonds. The zero-order valence-electron chi connectivity index (χ0n) is 11.3. The van der Waals surface area contributed by atoms with Crippen LogP contribution in [0.1, 0.15) is 6.92 Å². The van der Waals surface area contributed by atoms with Crippen LogP contribution < -0.4 is 16.4 Å². The van der Waals surface area contributed by atoms with E-state index in [9.17, 15) is 14.4 Å². The maximum atomic E-state index is 11.1. The molecule has 0 fully saturated rings. The van der Waals surface area contributed by atoms with Crippen molar-refractivity contribution in [1.29, 1.82) is 0 Å². The molecule has 0 bridgehead atoms. The molecule has 0 aromatic carbocycles. The zero-order valence-corrected chi connectivity index (χ0v) is 13.4. The van der Waals surface area contributed by atoms with Gasteiger partial charge in [0.1, 0.15) is 6.61 Å². The fraction of sp³-hybridized carbons (Fsp3) is 0.500. The third-order valence-corrected chi connectivity index (χ3v) is 1.64. The van der Waals surface area contributed by atoms with Gasteiger partial charge in [0, 0.05) is 5.57 Å². The van der Waals surface area contributed by atoms with Gasteiger partial charge in [-0.15, -0.1) is 0 Å². The summed E-state index contributed by atoms with van der Waals surface area (Å²) >= 11 is 0. The van der Waals surface area contributed by atoms with Crippen molar-refractivity contribution in [1.82, 2.24) is 10.6 Å². The summed E-state index contributed by atoms with van der Waals surface area (Å²) in [5.74, 6) is -1.29. The Morgan fingerprint density at radius 1 is 1.35 bits per heavy atom. The van der Waals surface area contributed by atoms with Gasteiger partial charge in [0.25, 0.3) is 0 Å². The Hall–Kier alpha value is -1.36. The summed E-state index contributed by atoms with van der Waals surface area (Å²) in [4.78, 5) is 32.8. The van der Waals surface area contributed by atoms with Crippen LogP contribution in [0.2, 0.25) is 0 Å². The number of hydrogen-bond acceptors (Lipinski definition) is 6. The number of carbonyl (C=O) groups excluding carboxylic acids is 3. The van der Waals surface area contributed by atoms with Gasteiger partial charge in [-0.3, -0.25) is 14.1 Å². The second-order valence-electron chi connectivity index (χ2n) is 3.38. The Morgan fingerprint density at radius 2 is 1.90 bits per heavy atom. The molecule has 114 valence electrons. The summed E-state index contributed by atoms with van der Waals surface area (Å²) in [6.07, 6.45) is 0. The molecule has 0 aliphatic carbocycles. The molecule has 0 aromatic heterocycles. The van der Waals surface area contributed by atoms with E-state index in [0.29, 0.717) is 5.57 Å². The summed E-state index contributed by atoms with van der Waals surface area (Å²) in [6.45, 7) is 4.86. The van der Waals surface area contributed by atoms with E-state index in [2.05, 4.69) is 40.2 Å². The lowest BCUT2D eigenvalue weighted by Crippen LogP contribution is -2.40. The molecule has 0 saturated carbocycles. The molecule has 0 rings (SSSR count). The van der Waals surface area contributed by atoms with Crippen molar-refractivity contribution >= 4 is 36.2 Å². The van der Waals surface area contributed by atoms with E-state index in [1.807, 2.05) is 0 Å². The van der Waals surface area contributed by atoms with E-state index in [1.165, 1.54) is 6.92 Å². The number of rotatable bonds is 7. The van der Waals surface area contributed by atoms with Gasteiger partial charge in [0.05, 0.1) is 19.6 Å². The van der Waals surface area contributed by atoms with E-state index in [-0.39, 0.29) is 32.1 Å². The first kappa shape index (κ1) is 20.9. The van der Waals surface area contributed by atoms with Crippen molar-refractivity contribution in [3.8, 4) is 0 Å². The second-order valence-corrected chi connectivity index (χ2v) is 4.41. The molecule has 0 radical (unpaired) electrons. The molecule has 0 aliphatic heterocycles. The largest absolute Gasteiger partial charge is 0.460 e. The number of carbonyl (C=O) groups is 3. The third-order valence-electron chi connectivity index (χ3n) is 1.64. The predicted molar refractivity (Wildman–Crippen MR) is 81.3 cm³/mol. The highest BCUT2D eigenvalue weighted by atomic mass is 31.1. The normalized spacial score (nSPS) is 8.55. The zero-order chi connectivity index (χ0) is 16.0. The quantitative estimate of drug-likeness (QED) is 0.250. The van der Waals surface area contributed by atoms with Gasteiger partial charge in [-0.2, -0.15) is 0 Å². The summed E-state index contributed by atoms with van der Waals surface area (Å²) in [6, 6.07) is 0. The Balaban J connectivity index is 0. The maximum absolute atomic E-state index is 11.1. The van der Waals surface area contributed by atoms with Crippen molar-refractivity contribution in [3.63, 3.8) is 0 Å². The van der Waals surface area contributed by atoms with Crippen molar-refractivity contribution < 1.29 is 19.1 Å². The van der Waals surface area contributed by atoms with Crippen LogP contribution in [0.25, 0.3) is 0 Å². The molecule has 0 aromatic rings. The van der Waals surface area contributed by atoms with Crippen LogP contribution in [0.4, 0.5) is 0 Å². The number of ether oxygens (including phenoxy) is 1. The monoisotopic (exact) mass is 322 g/mol. The van der Waals surface area contributed by atoms with Crippen molar-refractivity contribution in [2.45, 2.75) is 6.92 Å². The van der Waals surface area contributed by atoms with Crippen LogP contribution in [0.5, 0.6) is 0 Å². The Kier molecular flexibility index (Phi) is 14.7. The van der Waals surface area contributed by atoms with Crippen LogP contribution in [0.3, 0.4) is 0 Å². The second kappa shape index (κ2) is 14.1. The van der Waals surface area contributed by atoms with Crippen molar-refractivity contribution in [3.05, 3.63) is 12.2 Å². The molecule has 4 N–H and O–H groups in total. The third kappa shape index (κ3) is 14.7. The molecule has 1 atom stereocenters. The highest BCUT2D eigenvalue weighted by Gasteiger charge is 2.05. The molecule has 1 unspecified atom stereocenters. The van der Waals surface area contributed by atoms with Crippen LogP contribution >= 0.6 is 18.4 Å². The lowest BCUT2D eigenvalue weighted by atomic mass is 10.4. The van der Waals surface area contributed by atoms with Crippen LogP contribution in [-0.4, -0.2) is 44.0 Å². The molecule has 8 nitrogen and oxygen atoms in total. The van der Waals surface area contributed by atoms with Gasteiger partial charge in [0.2, 0.25) is 11.8 Å². The minimum absolute atomic E-state index is 0.0578. The first-order valence-corrected chi connectivity index (χ1v) is 6.48. The Morgan fingerprint density at radius 3 is 2.35 bits per heavy atom. The number of esters is 1. The molecular formula is C10H20N4O4P2. The fourth-order valence-electron chi connectivity index (χ4n) is 0.771. The molecule has 0 saturated heterocycles. The average Bonchev–Trinajstić information content (AvgIpc) is 2.41. The van der Waals surface area contributed by atoms with E-state index >= 15 is 0 Å². The molecule has 0 aliphatic rings.